The molecule has 0 unspecified atom stereocenters. The molecule has 1 atom stereocenters. The number of para-hydroxylation sites is 1. The summed E-state index contributed by atoms with van der Waals surface area (Å²) in [5.74, 6) is 0. The third-order valence-corrected chi connectivity index (χ3v) is 3.26. The van der Waals surface area contributed by atoms with E-state index in [0.717, 1.165) is 24.2 Å². The lowest BCUT2D eigenvalue weighted by Gasteiger charge is -2.24. The quantitative estimate of drug-likeness (QED) is 0.892. The van der Waals surface area contributed by atoms with Crippen molar-refractivity contribution in [2.24, 2.45) is 0 Å². The highest BCUT2D eigenvalue weighted by molar-refractivity contribution is 5.54. The summed E-state index contributed by atoms with van der Waals surface area (Å²) in [5, 5.41) is 10.1. The third kappa shape index (κ3) is 3.32. The van der Waals surface area contributed by atoms with E-state index in [-0.39, 0.29) is 0 Å². The van der Waals surface area contributed by atoms with Gasteiger partial charge in [0.25, 0.3) is 0 Å². The van der Waals surface area contributed by atoms with Gasteiger partial charge in [-0.25, -0.2) is 0 Å². The Bertz CT molecular complexity index is 513. The van der Waals surface area contributed by atoms with Gasteiger partial charge in [0.1, 0.15) is 0 Å². The van der Waals surface area contributed by atoms with E-state index < -0.39 is 6.10 Å². The highest BCUT2D eigenvalue weighted by Gasteiger charge is 2.13. The zero-order valence-corrected chi connectivity index (χ0v) is 11.5. The molecule has 3 heteroatoms. The average molecular weight is 256 g/mol. The maximum atomic E-state index is 10.1. The van der Waals surface area contributed by atoms with Crippen molar-refractivity contribution in [3.8, 4) is 0 Å². The lowest BCUT2D eigenvalue weighted by Crippen LogP contribution is -2.18. The molecule has 0 saturated heterocycles. The summed E-state index contributed by atoms with van der Waals surface area (Å²) in [4.78, 5) is 6.18. The number of hydrogen-bond acceptors (Lipinski definition) is 3. The molecule has 0 radical (unpaired) electrons. The fourth-order valence-electron chi connectivity index (χ4n) is 2.18. The van der Waals surface area contributed by atoms with Gasteiger partial charge in [-0.1, -0.05) is 25.1 Å². The van der Waals surface area contributed by atoms with E-state index in [2.05, 4.69) is 16.0 Å². The number of aliphatic hydroxyl groups excluding tert-OH is 1. The van der Waals surface area contributed by atoms with Crippen molar-refractivity contribution in [1.82, 2.24) is 4.98 Å². The van der Waals surface area contributed by atoms with Gasteiger partial charge in [-0.3, -0.25) is 4.98 Å². The van der Waals surface area contributed by atoms with Crippen LogP contribution >= 0.6 is 0 Å². The number of aromatic nitrogens is 1. The number of rotatable bonds is 5. The number of benzene rings is 1. The molecule has 2 rings (SSSR count). The number of hydrogen-bond donors (Lipinski definition) is 1. The molecule has 0 fully saturated rings. The Morgan fingerprint density at radius 1 is 1.16 bits per heavy atom. The molecule has 0 aliphatic carbocycles. The smallest absolute Gasteiger partial charge is 0.0807 e. The molecule has 0 saturated carbocycles. The summed E-state index contributed by atoms with van der Waals surface area (Å²) in [6, 6.07) is 12.0. The van der Waals surface area contributed by atoms with Crippen molar-refractivity contribution in [3.05, 3.63) is 59.9 Å². The Morgan fingerprint density at radius 3 is 2.53 bits per heavy atom. The summed E-state index contributed by atoms with van der Waals surface area (Å²) in [6.45, 7) is 2.79. The van der Waals surface area contributed by atoms with Crippen LogP contribution in [-0.4, -0.2) is 17.1 Å². The van der Waals surface area contributed by atoms with Gasteiger partial charge in [0.05, 0.1) is 6.10 Å². The van der Waals surface area contributed by atoms with E-state index in [1.54, 1.807) is 12.4 Å². The van der Waals surface area contributed by atoms with E-state index in [4.69, 9.17) is 0 Å². The van der Waals surface area contributed by atoms with Crippen LogP contribution in [0, 0.1) is 0 Å². The molecule has 1 aromatic carbocycles. The van der Waals surface area contributed by atoms with Crippen molar-refractivity contribution in [1.29, 1.82) is 0 Å². The summed E-state index contributed by atoms with van der Waals surface area (Å²) >= 11 is 0. The predicted octanol–water partition coefficient (Wildman–Crippen LogP) is 3.16. The van der Waals surface area contributed by atoms with Crippen molar-refractivity contribution >= 4 is 5.69 Å². The topological polar surface area (TPSA) is 36.4 Å². The average Bonchev–Trinajstić information content (AvgIpc) is 2.47. The third-order valence-electron chi connectivity index (χ3n) is 3.26. The predicted molar refractivity (Wildman–Crippen MR) is 78.0 cm³/mol. The molecule has 0 bridgehead atoms. The maximum absolute atomic E-state index is 10.1. The zero-order chi connectivity index (χ0) is 13.7. The molecule has 0 aliphatic rings. The molecule has 3 nitrogen and oxygen atoms in total. The van der Waals surface area contributed by atoms with Gasteiger partial charge in [0.15, 0.2) is 0 Å². The number of pyridine rings is 1. The van der Waals surface area contributed by atoms with Crippen LogP contribution in [0.3, 0.4) is 0 Å². The molecular formula is C16H20N2O. The number of aliphatic hydroxyl groups is 1. The molecule has 0 spiro atoms. The van der Waals surface area contributed by atoms with Crippen LogP contribution in [0.1, 0.15) is 30.6 Å². The molecule has 100 valence electrons. The first kappa shape index (κ1) is 13.6. The Hall–Kier alpha value is -1.87. The Kier molecular flexibility index (Phi) is 4.53. The van der Waals surface area contributed by atoms with Crippen molar-refractivity contribution in [2.75, 3.05) is 11.9 Å². The first-order valence-electron chi connectivity index (χ1n) is 6.59. The van der Waals surface area contributed by atoms with Crippen molar-refractivity contribution in [2.45, 2.75) is 26.0 Å². The highest BCUT2D eigenvalue weighted by atomic mass is 16.3. The van der Waals surface area contributed by atoms with Crippen LogP contribution in [0.15, 0.2) is 48.8 Å². The van der Waals surface area contributed by atoms with E-state index >= 15 is 0 Å². The van der Waals surface area contributed by atoms with Gasteiger partial charge < -0.3 is 10.0 Å². The van der Waals surface area contributed by atoms with Crippen LogP contribution in [0.25, 0.3) is 0 Å². The fourth-order valence-corrected chi connectivity index (χ4v) is 2.18. The standard InChI is InChI=1S/C16H20N2O/c1-3-16(19)14-6-4-5-7-15(14)18(2)12-13-8-10-17-11-9-13/h4-11,16,19H,3,12H2,1-2H3/t16-/m1/s1. The molecule has 19 heavy (non-hydrogen) atoms. The SMILES string of the molecule is CC[C@@H](O)c1ccccc1N(C)Cc1ccncc1. The molecule has 0 amide bonds. The first-order chi connectivity index (χ1) is 9.22. The Morgan fingerprint density at radius 2 is 1.84 bits per heavy atom. The molecular weight excluding hydrogens is 236 g/mol. The normalized spacial score (nSPS) is 12.2. The molecule has 1 heterocycles. The van der Waals surface area contributed by atoms with E-state index in [0.29, 0.717) is 0 Å². The van der Waals surface area contributed by atoms with Gasteiger partial charge >= 0.3 is 0 Å². The largest absolute Gasteiger partial charge is 0.388 e. The fraction of sp³-hybridized carbons (Fsp3) is 0.312. The first-order valence-corrected chi connectivity index (χ1v) is 6.59. The minimum Gasteiger partial charge on any atom is -0.388 e. The summed E-state index contributed by atoms with van der Waals surface area (Å²) in [5.41, 5.74) is 3.27. The second-order valence-electron chi connectivity index (χ2n) is 4.69. The van der Waals surface area contributed by atoms with Crippen molar-refractivity contribution in [3.63, 3.8) is 0 Å². The minimum atomic E-state index is -0.406. The summed E-state index contributed by atoms with van der Waals surface area (Å²) in [6.07, 6.45) is 3.92. The van der Waals surface area contributed by atoms with Gasteiger partial charge in [-0.2, -0.15) is 0 Å². The second kappa shape index (κ2) is 6.34. The zero-order valence-electron chi connectivity index (χ0n) is 11.5. The van der Waals surface area contributed by atoms with Crippen molar-refractivity contribution < 1.29 is 5.11 Å². The lowest BCUT2D eigenvalue weighted by atomic mass is 10.0. The van der Waals surface area contributed by atoms with Crippen LogP contribution < -0.4 is 4.90 Å². The Balaban J connectivity index is 2.21. The van der Waals surface area contributed by atoms with E-state index in [1.807, 2.05) is 44.3 Å². The number of anilines is 1. The monoisotopic (exact) mass is 256 g/mol. The van der Waals surface area contributed by atoms with Crippen LogP contribution in [0.4, 0.5) is 5.69 Å². The molecule has 0 aliphatic heterocycles. The van der Waals surface area contributed by atoms with E-state index in [9.17, 15) is 5.11 Å². The minimum absolute atomic E-state index is 0.406. The van der Waals surface area contributed by atoms with Gasteiger partial charge in [-0.05, 0) is 30.2 Å². The van der Waals surface area contributed by atoms with Crippen LogP contribution in [0.5, 0.6) is 0 Å². The van der Waals surface area contributed by atoms with Gasteiger partial charge in [0.2, 0.25) is 0 Å². The second-order valence-corrected chi connectivity index (χ2v) is 4.69. The molecule has 1 N–H and O–H groups in total. The lowest BCUT2D eigenvalue weighted by molar-refractivity contribution is 0.174. The maximum Gasteiger partial charge on any atom is 0.0807 e. The van der Waals surface area contributed by atoms with Gasteiger partial charge in [-0.15, -0.1) is 0 Å². The summed E-state index contributed by atoms with van der Waals surface area (Å²) < 4.78 is 0. The molecule has 1 aromatic heterocycles. The van der Waals surface area contributed by atoms with Crippen LogP contribution in [0.2, 0.25) is 0 Å². The number of nitrogens with zero attached hydrogens (tertiary/aromatic N) is 2. The summed E-state index contributed by atoms with van der Waals surface area (Å²) in [7, 11) is 2.04. The highest BCUT2D eigenvalue weighted by Crippen LogP contribution is 2.28. The van der Waals surface area contributed by atoms with Gasteiger partial charge in [0, 0.05) is 37.2 Å². The van der Waals surface area contributed by atoms with Crippen LogP contribution in [-0.2, 0) is 6.54 Å². The Labute approximate surface area is 114 Å². The molecule has 2 aromatic rings. The van der Waals surface area contributed by atoms with E-state index in [1.165, 1.54) is 5.56 Å².